The van der Waals surface area contributed by atoms with E-state index in [0.29, 0.717) is 24.4 Å². The highest BCUT2D eigenvalue weighted by molar-refractivity contribution is 5.75. The summed E-state index contributed by atoms with van der Waals surface area (Å²) >= 11 is 0. The number of benzene rings is 1. The van der Waals surface area contributed by atoms with Crippen LogP contribution in [0.5, 0.6) is 5.75 Å². The Morgan fingerprint density at radius 1 is 1.28 bits per heavy atom. The molecule has 2 aliphatic heterocycles. The predicted octanol–water partition coefficient (Wildman–Crippen LogP) is 3.01. The van der Waals surface area contributed by atoms with Gasteiger partial charge in [0.2, 0.25) is 0 Å². The molecular weight excluding hydrogens is 316 g/mol. The van der Waals surface area contributed by atoms with E-state index in [1.807, 2.05) is 24.0 Å². The fraction of sp³-hybridized carbons (Fsp3) is 0.650. The van der Waals surface area contributed by atoms with Crippen molar-refractivity contribution in [2.45, 2.75) is 38.1 Å². The Hall–Kier alpha value is -1.75. The van der Waals surface area contributed by atoms with Crippen LogP contribution in [0.25, 0.3) is 0 Å². The second-order valence-electron chi connectivity index (χ2n) is 7.52. The molecule has 136 valence electrons. The topological polar surface area (TPSA) is 50.8 Å². The third kappa shape index (κ3) is 3.76. The molecule has 1 aliphatic carbocycles. The number of urea groups is 1. The first kappa shape index (κ1) is 16.7. The van der Waals surface area contributed by atoms with E-state index in [1.165, 1.54) is 5.56 Å². The highest BCUT2D eigenvalue weighted by atomic mass is 16.5. The Bertz CT molecular complexity index is 597. The molecule has 4 atom stereocenters. The highest BCUT2D eigenvalue weighted by Gasteiger charge is 2.41. The molecule has 25 heavy (non-hydrogen) atoms. The molecule has 0 spiro atoms. The third-order valence-corrected chi connectivity index (χ3v) is 5.86. The standard InChI is InChI=1S/C20H28N2O3/c1-2-25-17-5-3-14(4-6-17)18-11-19(18)21-20(23)22-9-7-15(12-22)16-8-10-24-13-16/h3-6,15-16,18-19H,2,7-13H2,1H3,(H,21,23)/t15-,16+,18-,19+/m0/s1. The summed E-state index contributed by atoms with van der Waals surface area (Å²) in [6.07, 6.45) is 3.31. The molecule has 4 rings (SSSR count). The Balaban J connectivity index is 1.25. The number of ether oxygens (including phenoxy) is 2. The van der Waals surface area contributed by atoms with Gasteiger partial charge in [-0.3, -0.25) is 0 Å². The zero-order chi connectivity index (χ0) is 17.2. The first-order valence-corrected chi connectivity index (χ1v) is 9.60. The second-order valence-corrected chi connectivity index (χ2v) is 7.52. The molecule has 2 saturated heterocycles. The monoisotopic (exact) mass is 344 g/mol. The first-order valence-electron chi connectivity index (χ1n) is 9.60. The van der Waals surface area contributed by atoms with Crippen LogP contribution in [0, 0.1) is 11.8 Å². The minimum absolute atomic E-state index is 0.111. The molecule has 0 unspecified atom stereocenters. The number of likely N-dealkylation sites (tertiary alicyclic amines) is 1. The Morgan fingerprint density at radius 3 is 2.84 bits per heavy atom. The van der Waals surface area contributed by atoms with Gasteiger partial charge in [-0.2, -0.15) is 0 Å². The third-order valence-electron chi connectivity index (χ3n) is 5.86. The number of carbonyl (C=O) groups is 1. The molecule has 1 N–H and O–H groups in total. The molecule has 0 radical (unpaired) electrons. The van der Waals surface area contributed by atoms with E-state index >= 15 is 0 Å². The molecule has 3 aliphatic rings. The zero-order valence-corrected chi connectivity index (χ0v) is 14.9. The molecule has 3 fully saturated rings. The van der Waals surface area contributed by atoms with Crippen molar-refractivity contribution < 1.29 is 14.3 Å². The van der Waals surface area contributed by atoms with Crippen molar-refractivity contribution in [3.63, 3.8) is 0 Å². The van der Waals surface area contributed by atoms with Gasteiger partial charge in [0, 0.05) is 38.3 Å². The lowest BCUT2D eigenvalue weighted by atomic mass is 9.91. The summed E-state index contributed by atoms with van der Waals surface area (Å²) in [5.41, 5.74) is 1.29. The summed E-state index contributed by atoms with van der Waals surface area (Å²) in [5.74, 6) is 2.62. The molecule has 1 aromatic carbocycles. The van der Waals surface area contributed by atoms with E-state index in [1.54, 1.807) is 0 Å². The van der Waals surface area contributed by atoms with E-state index in [4.69, 9.17) is 9.47 Å². The molecule has 1 aromatic rings. The average molecular weight is 344 g/mol. The lowest BCUT2D eigenvalue weighted by Gasteiger charge is -2.19. The Kier molecular flexibility index (Phi) is 4.84. The van der Waals surface area contributed by atoms with Gasteiger partial charge in [-0.05, 0) is 55.7 Å². The number of nitrogens with one attached hydrogen (secondary N) is 1. The first-order chi connectivity index (χ1) is 12.2. The van der Waals surface area contributed by atoms with Crippen LogP contribution in [0.15, 0.2) is 24.3 Å². The van der Waals surface area contributed by atoms with Gasteiger partial charge < -0.3 is 19.7 Å². The number of carbonyl (C=O) groups excluding carboxylic acids is 1. The van der Waals surface area contributed by atoms with Crippen LogP contribution in [0.4, 0.5) is 4.79 Å². The van der Waals surface area contributed by atoms with Crippen LogP contribution in [-0.2, 0) is 4.74 Å². The number of hydrogen-bond donors (Lipinski definition) is 1. The molecule has 2 heterocycles. The van der Waals surface area contributed by atoms with Gasteiger partial charge >= 0.3 is 6.03 Å². The van der Waals surface area contributed by atoms with Gasteiger partial charge in [0.05, 0.1) is 6.61 Å². The summed E-state index contributed by atoms with van der Waals surface area (Å²) in [4.78, 5) is 14.5. The molecule has 2 amide bonds. The van der Waals surface area contributed by atoms with E-state index in [0.717, 1.165) is 51.3 Å². The fourth-order valence-electron chi connectivity index (χ4n) is 4.23. The van der Waals surface area contributed by atoms with Crippen molar-refractivity contribution in [1.82, 2.24) is 10.2 Å². The average Bonchev–Trinajstić information content (AvgIpc) is 3.06. The van der Waals surface area contributed by atoms with Crippen LogP contribution in [0.3, 0.4) is 0 Å². The maximum atomic E-state index is 12.5. The maximum absolute atomic E-state index is 12.5. The number of rotatable bonds is 5. The van der Waals surface area contributed by atoms with E-state index in [-0.39, 0.29) is 12.1 Å². The summed E-state index contributed by atoms with van der Waals surface area (Å²) in [7, 11) is 0. The molecule has 5 nitrogen and oxygen atoms in total. The van der Waals surface area contributed by atoms with Gasteiger partial charge in [-0.15, -0.1) is 0 Å². The van der Waals surface area contributed by atoms with E-state index in [9.17, 15) is 4.79 Å². The second kappa shape index (κ2) is 7.24. The van der Waals surface area contributed by atoms with Gasteiger partial charge in [-0.25, -0.2) is 4.79 Å². The molecular formula is C20H28N2O3. The van der Waals surface area contributed by atoms with E-state index < -0.39 is 0 Å². The van der Waals surface area contributed by atoms with Crippen molar-refractivity contribution in [3.05, 3.63) is 29.8 Å². The van der Waals surface area contributed by atoms with Gasteiger partial charge in [0.25, 0.3) is 0 Å². The summed E-state index contributed by atoms with van der Waals surface area (Å²) in [6, 6.07) is 8.66. The zero-order valence-electron chi connectivity index (χ0n) is 14.9. The van der Waals surface area contributed by atoms with Crippen molar-refractivity contribution in [2.24, 2.45) is 11.8 Å². The van der Waals surface area contributed by atoms with Crippen molar-refractivity contribution >= 4 is 6.03 Å². The SMILES string of the molecule is CCOc1ccc([C@@H]2C[C@H]2NC(=O)N2CC[C@H]([C@@H]3CCOC3)C2)cc1. The normalized spacial score (nSPS) is 31.2. The molecule has 0 bridgehead atoms. The number of nitrogens with zero attached hydrogens (tertiary/aromatic N) is 1. The van der Waals surface area contributed by atoms with Crippen molar-refractivity contribution in [1.29, 1.82) is 0 Å². The fourth-order valence-corrected chi connectivity index (χ4v) is 4.23. The minimum atomic E-state index is 0.111. The highest BCUT2D eigenvalue weighted by Crippen LogP contribution is 2.41. The van der Waals surface area contributed by atoms with E-state index in [2.05, 4.69) is 17.4 Å². The predicted molar refractivity (Wildman–Crippen MR) is 95.9 cm³/mol. The van der Waals surface area contributed by atoms with Gasteiger partial charge in [0.1, 0.15) is 5.75 Å². The molecule has 0 aromatic heterocycles. The van der Waals surface area contributed by atoms with Crippen molar-refractivity contribution in [2.75, 3.05) is 32.9 Å². The van der Waals surface area contributed by atoms with Crippen LogP contribution in [0.2, 0.25) is 0 Å². The number of hydrogen-bond acceptors (Lipinski definition) is 3. The smallest absolute Gasteiger partial charge is 0.317 e. The van der Waals surface area contributed by atoms with Gasteiger partial charge in [-0.1, -0.05) is 12.1 Å². The van der Waals surface area contributed by atoms with Crippen LogP contribution >= 0.6 is 0 Å². The number of amides is 2. The summed E-state index contributed by atoms with van der Waals surface area (Å²) in [5, 5.41) is 3.22. The maximum Gasteiger partial charge on any atom is 0.317 e. The van der Waals surface area contributed by atoms with Crippen LogP contribution in [0.1, 0.15) is 37.7 Å². The largest absolute Gasteiger partial charge is 0.494 e. The molecule has 1 saturated carbocycles. The molecule has 5 heteroatoms. The van der Waals surface area contributed by atoms with Crippen molar-refractivity contribution in [3.8, 4) is 5.75 Å². The van der Waals surface area contributed by atoms with Crippen LogP contribution in [-0.4, -0.2) is 49.9 Å². The lowest BCUT2D eigenvalue weighted by molar-refractivity contribution is 0.170. The lowest BCUT2D eigenvalue weighted by Crippen LogP contribution is -2.40. The van der Waals surface area contributed by atoms with Crippen LogP contribution < -0.4 is 10.1 Å². The minimum Gasteiger partial charge on any atom is -0.494 e. The summed E-state index contributed by atoms with van der Waals surface area (Å²) < 4.78 is 11.0. The Morgan fingerprint density at radius 2 is 2.12 bits per heavy atom. The Labute approximate surface area is 149 Å². The van der Waals surface area contributed by atoms with Gasteiger partial charge in [0.15, 0.2) is 0 Å². The quantitative estimate of drug-likeness (QED) is 0.893. The summed E-state index contributed by atoms with van der Waals surface area (Å²) in [6.45, 7) is 6.21.